The maximum absolute atomic E-state index is 8.64. The summed E-state index contributed by atoms with van der Waals surface area (Å²) in [6.07, 6.45) is 1.81. The van der Waals surface area contributed by atoms with E-state index in [1.54, 1.807) is 0 Å². The van der Waals surface area contributed by atoms with Gasteiger partial charge >= 0.3 is 0 Å². The van der Waals surface area contributed by atoms with Gasteiger partial charge in [0.05, 0.1) is 19.8 Å². The highest BCUT2D eigenvalue weighted by atomic mass is 16.5. The molecule has 1 N–H and O–H groups in total. The van der Waals surface area contributed by atoms with E-state index in [0.29, 0.717) is 31.6 Å². The minimum atomic E-state index is 0.358. The lowest BCUT2D eigenvalue weighted by molar-refractivity contribution is 0.0667. The van der Waals surface area contributed by atoms with E-state index in [4.69, 9.17) is 10.00 Å². The van der Waals surface area contributed by atoms with E-state index in [-0.39, 0.29) is 0 Å². The molecular formula is C12H18N4O. The highest BCUT2D eigenvalue weighted by molar-refractivity contribution is 5.81. The molecule has 1 fully saturated rings. The molecule has 0 aromatic carbocycles. The third kappa shape index (κ3) is 5.24. The van der Waals surface area contributed by atoms with Crippen LogP contribution in [0.4, 0.5) is 0 Å². The molecule has 0 atom stereocenters. The third-order valence-electron chi connectivity index (χ3n) is 2.19. The molecule has 0 unspecified atom stereocenters. The monoisotopic (exact) mass is 234 g/mol. The van der Waals surface area contributed by atoms with Crippen LogP contribution in [0.5, 0.6) is 0 Å². The van der Waals surface area contributed by atoms with E-state index in [0.717, 1.165) is 13.1 Å². The van der Waals surface area contributed by atoms with Crippen LogP contribution in [-0.2, 0) is 4.74 Å². The zero-order valence-corrected chi connectivity index (χ0v) is 10.4. The molecule has 1 aliphatic rings. The molecule has 5 nitrogen and oxygen atoms in total. The number of aliphatic imine (C=N–C) groups is 1. The first-order valence-corrected chi connectivity index (χ1v) is 5.75. The maximum atomic E-state index is 8.64. The molecule has 17 heavy (non-hydrogen) atoms. The van der Waals surface area contributed by atoms with Crippen molar-refractivity contribution in [1.82, 2.24) is 10.2 Å². The van der Waals surface area contributed by atoms with Crippen LogP contribution in [0, 0.1) is 29.2 Å². The molecule has 0 aromatic rings. The molecule has 0 saturated carbocycles. The van der Waals surface area contributed by atoms with Gasteiger partial charge in [0.25, 0.3) is 0 Å². The number of morpholine rings is 1. The quantitative estimate of drug-likeness (QED) is 0.309. The smallest absolute Gasteiger partial charge is 0.210 e. The first-order valence-electron chi connectivity index (χ1n) is 5.75. The standard InChI is InChI=1S/C12H18N4O/c1-11(2)4-3-5-14-12(15-10-13)16-6-8-17-9-7-16/h11H,5-9H2,1-2H3,(H,14,15). The number of guanidine groups is 1. The van der Waals surface area contributed by atoms with Gasteiger partial charge < -0.3 is 15.0 Å². The van der Waals surface area contributed by atoms with Crippen molar-refractivity contribution >= 4 is 5.96 Å². The van der Waals surface area contributed by atoms with Gasteiger partial charge in [0, 0.05) is 19.0 Å². The van der Waals surface area contributed by atoms with Crippen molar-refractivity contribution in [2.24, 2.45) is 10.9 Å². The molecule has 1 heterocycles. The van der Waals surface area contributed by atoms with Crippen LogP contribution in [0.2, 0.25) is 0 Å². The van der Waals surface area contributed by atoms with Crippen molar-refractivity contribution in [2.75, 3.05) is 32.8 Å². The number of hydrogen-bond donors (Lipinski definition) is 1. The molecule has 1 saturated heterocycles. The van der Waals surface area contributed by atoms with Crippen molar-refractivity contribution in [3.05, 3.63) is 0 Å². The minimum absolute atomic E-state index is 0.358. The van der Waals surface area contributed by atoms with E-state index in [1.807, 2.05) is 24.9 Å². The summed E-state index contributed by atoms with van der Waals surface area (Å²) in [5, 5.41) is 11.7. The van der Waals surface area contributed by atoms with Crippen molar-refractivity contribution in [3.63, 3.8) is 0 Å². The van der Waals surface area contributed by atoms with Gasteiger partial charge in [-0.2, -0.15) is 5.26 Å². The van der Waals surface area contributed by atoms with Gasteiger partial charge in [-0.1, -0.05) is 25.7 Å². The predicted octanol–water partition coefficient (Wildman–Crippen LogP) is 0.405. The average molecular weight is 234 g/mol. The number of nitrogens with zero attached hydrogens (tertiary/aromatic N) is 3. The van der Waals surface area contributed by atoms with Crippen molar-refractivity contribution in [3.8, 4) is 18.0 Å². The number of rotatable bonds is 1. The fourth-order valence-corrected chi connectivity index (χ4v) is 1.42. The lowest BCUT2D eigenvalue weighted by Crippen LogP contribution is -2.47. The predicted molar refractivity (Wildman–Crippen MR) is 66.1 cm³/mol. The highest BCUT2D eigenvalue weighted by Gasteiger charge is 2.14. The summed E-state index contributed by atoms with van der Waals surface area (Å²) in [5.41, 5.74) is 0. The first-order chi connectivity index (χ1) is 8.24. The molecule has 0 radical (unpaired) electrons. The Kier molecular flexibility index (Phi) is 5.92. The van der Waals surface area contributed by atoms with Crippen molar-refractivity contribution in [2.45, 2.75) is 13.8 Å². The topological polar surface area (TPSA) is 60.7 Å². The summed E-state index contributed by atoms with van der Waals surface area (Å²) in [7, 11) is 0. The number of ether oxygens (including phenoxy) is 1. The molecule has 0 amide bonds. The molecule has 0 bridgehead atoms. The van der Waals surface area contributed by atoms with Gasteiger partial charge in [-0.15, -0.1) is 4.99 Å². The minimum Gasteiger partial charge on any atom is -0.378 e. The largest absolute Gasteiger partial charge is 0.378 e. The van der Waals surface area contributed by atoms with Gasteiger partial charge in [-0.25, -0.2) is 0 Å². The average Bonchev–Trinajstić information content (AvgIpc) is 2.34. The Morgan fingerprint density at radius 2 is 2.18 bits per heavy atom. The molecular weight excluding hydrogens is 216 g/mol. The Hall–Kier alpha value is -1.72. The summed E-state index contributed by atoms with van der Waals surface area (Å²) in [6, 6.07) is 0. The van der Waals surface area contributed by atoms with Gasteiger partial charge in [-0.3, -0.25) is 0 Å². The van der Waals surface area contributed by atoms with E-state index >= 15 is 0 Å². The summed E-state index contributed by atoms with van der Waals surface area (Å²) in [6.45, 7) is 7.44. The van der Waals surface area contributed by atoms with Crippen LogP contribution in [0.15, 0.2) is 4.99 Å². The van der Waals surface area contributed by atoms with Gasteiger partial charge in [-0.05, 0) is 0 Å². The first kappa shape index (κ1) is 13.3. The lowest BCUT2D eigenvalue weighted by atomic mass is 10.2. The van der Waals surface area contributed by atoms with Crippen LogP contribution in [0.1, 0.15) is 13.8 Å². The Morgan fingerprint density at radius 3 is 2.76 bits per heavy atom. The van der Waals surface area contributed by atoms with Crippen LogP contribution in [0.3, 0.4) is 0 Å². The van der Waals surface area contributed by atoms with Gasteiger partial charge in [0.1, 0.15) is 0 Å². The zero-order valence-electron chi connectivity index (χ0n) is 10.4. The van der Waals surface area contributed by atoms with Gasteiger partial charge in [0.2, 0.25) is 12.2 Å². The maximum Gasteiger partial charge on any atom is 0.210 e. The zero-order chi connectivity index (χ0) is 12.5. The second kappa shape index (κ2) is 7.54. The molecule has 0 aliphatic carbocycles. The number of nitriles is 1. The number of hydrogen-bond acceptors (Lipinski definition) is 3. The highest BCUT2D eigenvalue weighted by Crippen LogP contribution is 1.97. The lowest BCUT2D eigenvalue weighted by Gasteiger charge is -2.29. The summed E-state index contributed by atoms with van der Waals surface area (Å²) >= 11 is 0. The molecule has 0 aromatic heterocycles. The second-order valence-corrected chi connectivity index (χ2v) is 3.96. The van der Waals surface area contributed by atoms with E-state index in [2.05, 4.69) is 22.2 Å². The second-order valence-electron chi connectivity index (χ2n) is 3.96. The fraction of sp³-hybridized carbons (Fsp3) is 0.667. The third-order valence-corrected chi connectivity index (χ3v) is 2.19. The summed E-state index contributed by atoms with van der Waals surface area (Å²) in [5.74, 6) is 7.01. The van der Waals surface area contributed by atoms with Crippen LogP contribution in [0.25, 0.3) is 0 Å². The van der Waals surface area contributed by atoms with E-state index < -0.39 is 0 Å². The summed E-state index contributed by atoms with van der Waals surface area (Å²) < 4.78 is 5.25. The van der Waals surface area contributed by atoms with Crippen molar-refractivity contribution < 1.29 is 4.74 Å². The molecule has 1 aliphatic heterocycles. The van der Waals surface area contributed by atoms with E-state index in [9.17, 15) is 0 Å². The Balaban J connectivity index is 2.47. The Labute approximate surface area is 102 Å². The SMILES string of the molecule is CC(C)C#CCN/C(=N\C#N)N1CCOCC1. The summed E-state index contributed by atoms with van der Waals surface area (Å²) in [4.78, 5) is 5.78. The molecule has 5 heteroatoms. The fourth-order valence-electron chi connectivity index (χ4n) is 1.42. The van der Waals surface area contributed by atoms with Crippen molar-refractivity contribution in [1.29, 1.82) is 5.26 Å². The van der Waals surface area contributed by atoms with Crippen LogP contribution < -0.4 is 5.32 Å². The van der Waals surface area contributed by atoms with Crippen LogP contribution >= 0.6 is 0 Å². The Morgan fingerprint density at radius 1 is 1.47 bits per heavy atom. The number of nitrogens with one attached hydrogen (secondary N) is 1. The molecule has 0 spiro atoms. The van der Waals surface area contributed by atoms with E-state index in [1.165, 1.54) is 0 Å². The Bertz CT molecular complexity index is 353. The molecule has 92 valence electrons. The normalized spacial score (nSPS) is 16.1. The molecule has 1 rings (SSSR count). The van der Waals surface area contributed by atoms with Gasteiger partial charge in [0.15, 0.2) is 0 Å². The van der Waals surface area contributed by atoms with Crippen LogP contribution in [-0.4, -0.2) is 43.7 Å².